The van der Waals surface area contributed by atoms with Gasteiger partial charge in [-0.3, -0.25) is 5.10 Å². The first-order valence-electron chi connectivity index (χ1n) is 6.16. The second kappa shape index (κ2) is 6.56. The Bertz CT molecular complexity index is 452. The minimum Gasteiger partial charge on any atom is -0.310 e. The number of H-pyrrole nitrogens is 1. The van der Waals surface area contributed by atoms with Crippen molar-refractivity contribution in [2.24, 2.45) is 0 Å². The highest BCUT2D eigenvalue weighted by molar-refractivity contribution is 7.99. The summed E-state index contributed by atoms with van der Waals surface area (Å²) in [5, 5.41) is 11.0. The van der Waals surface area contributed by atoms with Crippen LogP contribution in [0.5, 0.6) is 0 Å². The van der Waals surface area contributed by atoms with Gasteiger partial charge >= 0.3 is 0 Å². The molecule has 1 atom stereocenters. The van der Waals surface area contributed by atoms with Crippen LogP contribution in [0.15, 0.2) is 40.6 Å². The van der Waals surface area contributed by atoms with Crippen LogP contribution in [-0.4, -0.2) is 21.7 Å². The van der Waals surface area contributed by atoms with Crippen LogP contribution in [0.2, 0.25) is 0 Å². The molecule has 4 nitrogen and oxygen atoms in total. The Morgan fingerprint density at radius 1 is 1.33 bits per heavy atom. The molecule has 2 N–H and O–H groups in total. The maximum atomic E-state index is 4.09. The first kappa shape index (κ1) is 13.1. The topological polar surface area (TPSA) is 53.6 Å². The number of nitrogens with one attached hydrogen (secondary N) is 2. The van der Waals surface area contributed by atoms with Gasteiger partial charge in [0.1, 0.15) is 6.33 Å². The molecule has 0 aliphatic rings. The van der Waals surface area contributed by atoms with E-state index >= 15 is 0 Å². The van der Waals surface area contributed by atoms with E-state index < -0.39 is 0 Å². The van der Waals surface area contributed by atoms with Crippen LogP contribution >= 0.6 is 11.8 Å². The fraction of sp³-hybridized carbons (Fsp3) is 0.385. The molecule has 2 rings (SSSR count). The normalized spacial score (nSPS) is 12.6. The fourth-order valence-electron chi connectivity index (χ4n) is 1.66. The zero-order chi connectivity index (χ0) is 12.8. The fourth-order valence-corrected chi connectivity index (χ4v) is 2.35. The van der Waals surface area contributed by atoms with Crippen molar-refractivity contribution in [2.45, 2.75) is 36.4 Å². The molecule has 1 heterocycles. The molecular weight excluding hydrogens is 244 g/mol. The highest BCUT2D eigenvalue weighted by Gasteiger charge is 2.05. The van der Waals surface area contributed by atoms with Crippen molar-refractivity contribution in [3.63, 3.8) is 0 Å². The van der Waals surface area contributed by atoms with Gasteiger partial charge < -0.3 is 5.32 Å². The van der Waals surface area contributed by atoms with Crippen LogP contribution in [-0.2, 0) is 0 Å². The summed E-state index contributed by atoms with van der Waals surface area (Å²) in [5.74, 6) is 0. The van der Waals surface area contributed by atoms with Crippen LogP contribution in [0.1, 0.15) is 31.9 Å². The van der Waals surface area contributed by atoms with Gasteiger partial charge in [0.25, 0.3) is 0 Å². The van der Waals surface area contributed by atoms with Gasteiger partial charge in [-0.05, 0) is 37.6 Å². The summed E-state index contributed by atoms with van der Waals surface area (Å²) in [4.78, 5) is 5.26. The van der Waals surface area contributed by atoms with E-state index in [1.54, 1.807) is 11.8 Å². The maximum Gasteiger partial charge on any atom is 0.188 e. The number of aromatic amines is 1. The lowest BCUT2D eigenvalue weighted by Gasteiger charge is -2.13. The predicted molar refractivity (Wildman–Crippen MR) is 73.7 cm³/mol. The van der Waals surface area contributed by atoms with Crippen molar-refractivity contribution in [1.82, 2.24) is 20.5 Å². The Morgan fingerprint density at radius 3 is 2.72 bits per heavy atom. The van der Waals surface area contributed by atoms with Gasteiger partial charge in [-0.2, -0.15) is 5.10 Å². The minimum atomic E-state index is 0.397. The van der Waals surface area contributed by atoms with Crippen LogP contribution in [0, 0.1) is 0 Å². The summed E-state index contributed by atoms with van der Waals surface area (Å²) in [5.41, 5.74) is 1.31. The molecule has 1 aromatic carbocycles. The van der Waals surface area contributed by atoms with Gasteiger partial charge in [0.05, 0.1) is 0 Å². The molecule has 2 aromatic rings. The number of nitrogens with zero attached hydrogens (tertiary/aromatic N) is 2. The molecule has 96 valence electrons. The predicted octanol–water partition coefficient (Wildman–Crippen LogP) is 3.02. The Balaban J connectivity index is 1.96. The van der Waals surface area contributed by atoms with Crippen molar-refractivity contribution < 1.29 is 0 Å². The van der Waals surface area contributed by atoms with Gasteiger partial charge in [0, 0.05) is 10.9 Å². The number of rotatable bonds is 6. The molecule has 1 aromatic heterocycles. The maximum absolute atomic E-state index is 4.09. The first-order valence-corrected chi connectivity index (χ1v) is 6.98. The lowest BCUT2D eigenvalue weighted by Crippen LogP contribution is -2.19. The first-order chi connectivity index (χ1) is 8.79. The summed E-state index contributed by atoms with van der Waals surface area (Å²) in [6.07, 6.45) is 2.68. The molecule has 0 spiro atoms. The third-order valence-electron chi connectivity index (χ3n) is 2.69. The summed E-state index contributed by atoms with van der Waals surface area (Å²) >= 11 is 1.58. The largest absolute Gasteiger partial charge is 0.310 e. The summed E-state index contributed by atoms with van der Waals surface area (Å²) in [7, 11) is 0. The lowest BCUT2D eigenvalue weighted by atomic mass is 10.1. The summed E-state index contributed by atoms with van der Waals surface area (Å²) in [6, 6.07) is 8.95. The standard InChI is InChI=1S/C13H18N4S/c1-3-8-14-10(2)11-4-6-12(7-5-11)18-13-15-9-16-17-13/h4-7,9-10,14H,3,8H2,1-2H3,(H,15,16,17). The van der Waals surface area contributed by atoms with Crippen LogP contribution in [0.3, 0.4) is 0 Å². The van der Waals surface area contributed by atoms with Gasteiger partial charge in [-0.1, -0.05) is 30.8 Å². The van der Waals surface area contributed by atoms with Crippen LogP contribution < -0.4 is 5.32 Å². The van der Waals surface area contributed by atoms with Crippen molar-refractivity contribution >= 4 is 11.8 Å². The minimum absolute atomic E-state index is 0.397. The number of benzene rings is 1. The molecule has 0 aliphatic carbocycles. The van der Waals surface area contributed by atoms with E-state index in [0.29, 0.717) is 6.04 Å². The Morgan fingerprint density at radius 2 is 2.11 bits per heavy atom. The van der Waals surface area contributed by atoms with E-state index in [1.807, 2.05) is 0 Å². The monoisotopic (exact) mass is 262 g/mol. The molecule has 1 unspecified atom stereocenters. The van der Waals surface area contributed by atoms with Gasteiger partial charge in [-0.15, -0.1) is 0 Å². The zero-order valence-corrected chi connectivity index (χ0v) is 11.5. The van der Waals surface area contributed by atoms with Crippen LogP contribution in [0.25, 0.3) is 0 Å². The number of hydrogen-bond donors (Lipinski definition) is 2. The molecule has 0 bridgehead atoms. The Kier molecular flexibility index (Phi) is 4.78. The average Bonchev–Trinajstić information content (AvgIpc) is 2.89. The smallest absolute Gasteiger partial charge is 0.188 e. The Labute approximate surface area is 112 Å². The molecule has 0 saturated carbocycles. The van der Waals surface area contributed by atoms with Gasteiger partial charge in [0.15, 0.2) is 5.16 Å². The van der Waals surface area contributed by atoms with E-state index in [9.17, 15) is 0 Å². The van der Waals surface area contributed by atoms with Crippen molar-refractivity contribution in [2.75, 3.05) is 6.54 Å². The van der Waals surface area contributed by atoms with E-state index in [-0.39, 0.29) is 0 Å². The molecule has 5 heteroatoms. The van der Waals surface area contributed by atoms with Crippen molar-refractivity contribution in [3.05, 3.63) is 36.2 Å². The number of hydrogen-bond acceptors (Lipinski definition) is 4. The summed E-state index contributed by atoms with van der Waals surface area (Å²) < 4.78 is 0. The molecule has 0 fully saturated rings. The Hall–Kier alpha value is -1.33. The zero-order valence-electron chi connectivity index (χ0n) is 10.7. The molecule has 0 aliphatic heterocycles. The molecule has 0 amide bonds. The third kappa shape index (κ3) is 3.58. The van der Waals surface area contributed by atoms with Crippen molar-refractivity contribution in [1.29, 1.82) is 0 Å². The second-order valence-corrected chi connectivity index (χ2v) is 5.20. The van der Waals surface area contributed by atoms with E-state index in [0.717, 1.165) is 23.0 Å². The molecular formula is C13H18N4S. The van der Waals surface area contributed by atoms with Gasteiger partial charge in [-0.25, -0.2) is 4.98 Å². The van der Waals surface area contributed by atoms with Crippen molar-refractivity contribution in [3.8, 4) is 0 Å². The van der Waals surface area contributed by atoms with Gasteiger partial charge in [0.2, 0.25) is 0 Å². The third-order valence-corrected chi connectivity index (χ3v) is 3.59. The molecule has 0 radical (unpaired) electrons. The van der Waals surface area contributed by atoms with E-state index in [1.165, 1.54) is 11.9 Å². The SMILES string of the molecule is CCCNC(C)c1ccc(Sc2ncn[nH]2)cc1. The quantitative estimate of drug-likeness (QED) is 0.840. The van der Waals surface area contributed by atoms with Crippen LogP contribution in [0.4, 0.5) is 0 Å². The lowest BCUT2D eigenvalue weighted by molar-refractivity contribution is 0.570. The molecule has 0 saturated heterocycles. The summed E-state index contributed by atoms with van der Waals surface area (Å²) in [6.45, 7) is 5.42. The average molecular weight is 262 g/mol. The number of aromatic nitrogens is 3. The molecule has 18 heavy (non-hydrogen) atoms. The highest BCUT2D eigenvalue weighted by atomic mass is 32.2. The second-order valence-electron chi connectivity index (χ2n) is 4.14. The van der Waals surface area contributed by atoms with E-state index in [2.05, 4.69) is 58.6 Å². The highest BCUT2D eigenvalue weighted by Crippen LogP contribution is 2.25. The van der Waals surface area contributed by atoms with E-state index in [4.69, 9.17) is 0 Å².